The third kappa shape index (κ3) is 1.90. The highest BCUT2D eigenvalue weighted by Gasteiger charge is 2.09. The van der Waals surface area contributed by atoms with E-state index in [-0.39, 0.29) is 0 Å². The van der Waals surface area contributed by atoms with Crippen molar-refractivity contribution in [1.82, 2.24) is 10.1 Å². The van der Waals surface area contributed by atoms with E-state index in [9.17, 15) is 0 Å². The van der Waals surface area contributed by atoms with Crippen LogP contribution in [0.3, 0.4) is 0 Å². The van der Waals surface area contributed by atoms with Crippen molar-refractivity contribution in [2.45, 2.75) is 4.43 Å². The number of benzene rings is 1. The maximum atomic E-state index is 5.99. The summed E-state index contributed by atoms with van der Waals surface area (Å²) >= 11 is 8.15. The van der Waals surface area contributed by atoms with Crippen LogP contribution < -0.4 is 0 Å². The Hall–Kier alpha value is -0.620. The summed E-state index contributed by atoms with van der Waals surface area (Å²) in [5.74, 6) is 1.16. The zero-order valence-corrected chi connectivity index (χ0v) is 9.99. The molecular formula is C9H6ClIN2O. The fourth-order valence-electron chi connectivity index (χ4n) is 1.06. The van der Waals surface area contributed by atoms with Gasteiger partial charge < -0.3 is 4.52 Å². The standard InChI is InChI=1S/C9H6ClIN2O/c10-7-4-2-1-3-6(7)9-12-8(5-11)14-13-9/h1-4H,5H2. The van der Waals surface area contributed by atoms with Gasteiger partial charge in [-0.1, -0.05) is 51.5 Å². The predicted molar refractivity (Wildman–Crippen MR) is 62.5 cm³/mol. The van der Waals surface area contributed by atoms with Gasteiger partial charge in [0, 0.05) is 5.56 Å². The number of hydrogen-bond donors (Lipinski definition) is 0. The molecule has 14 heavy (non-hydrogen) atoms. The van der Waals surface area contributed by atoms with Crippen LogP contribution in [-0.2, 0) is 4.43 Å². The van der Waals surface area contributed by atoms with Gasteiger partial charge in [0.05, 0.1) is 9.45 Å². The lowest BCUT2D eigenvalue weighted by atomic mass is 10.2. The van der Waals surface area contributed by atoms with Crippen molar-refractivity contribution >= 4 is 34.2 Å². The Morgan fingerprint density at radius 2 is 2.14 bits per heavy atom. The second kappa shape index (κ2) is 4.27. The summed E-state index contributed by atoms with van der Waals surface area (Å²) in [7, 11) is 0. The van der Waals surface area contributed by atoms with Crippen LogP contribution in [0.15, 0.2) is 28.8 Å². The van der Waals surface area contributed by atoms with Crippen LogP contribution in [0.1, 0.15) is 5.89 Å². The first-order valence-electron chi connectivity index (χ1n) is 3.94. The van der Waals surface area contributed by atoms with Crippen molar-refractivity contribution in [3.63, 3.8) is 0 Å². The monoisotopic (exact) mass is 320 g/mol. The highest BCUT2D eigenvalue weighted by Crippen LogP contribution is 2.24. The van der Waals surface area contributed by atoms with E-state index < -0.39 is 0 Å². The van der Waals surface area contributed by atoms with Gasteiger partial charge in [-0.2, -0.15) is 4.98 Å². The van der Waals surface area contributed by atoms with Crippen LogP contribution in [0, 0.1) is 0 Å². The molecular weight excluding hydrogens is 314 g/mol. The number of halogens is 2. The third-order valence-corrected chi connectivity index (χ3v) is 2.68. The van der Waals surface area contributed by atoms with E-state index in [0.29, 0.717) is 21.2 Å². The topological polar surface area (TPSA) is 38.9 Å². The maximum absolute atomic E-state index is 5.99. The average Bonchev–Trinajstić information content (AvgIpc) is 2.67. The Morgan fingerprint density at radius 3 is 2.79 bits per heavy atom. The van der Waals surface area contributed by atoms with Crippen LogP contribution in [0.25, 0.3) is 11.4 Å². The lowest BCUT2D eigenvalue weighted by molar-refractivity contribution is 0.393. The average molecular weight is 321 g/mol. The normalized spacial score (nSPS) is 10.4. The van der Waals surface area contributed by atoms with Gasteiger partial charge in [0.15, 0.2) is 0 Å². The largest absolute Gasteiger partial charge is 0.338 e. The minimum absolute atomic E-state index is 0.544. The molecule has 2 aromatic rings. The van der Waals surface area contributed by atoms with E-state index in [1.54, 1.807) is 6.07 Å². The lowest BCUT2D eigenvalue weighted by Crippen LogP contribution is -1.82. The summed E-state index contributed by atoms with van der Waals surface area (Å²) in [6.45, 7) is 0. The van der Waals surface area contributed by atoms with Crippen molar-refractivity contribution in [2.24, 2.45) is 0 Å². The number of aromatic nitrogens is 2. The van der Waals surface area contributed by atoms with E-state index in [1.807, 2.05) is 18.2 Å². The summed E-state index contributed by atoms with van der Waals surface area (Å²) < 4.78 is 5.70. The van der Waals surface area contributed by atoms with Crippen LogP contribution in [0.2, 0.25) is 5.02 Å². The predicted octanol–water partition coefficient (Wildman–Crippen LogP) is 3.33. The molecule has 1 aromatic heterocycles. The van der Waals surface area contributed by atoms with Gasteiger partial charge in [-0.05, 0) is 12.1 Å². The number of hydrogen-bond acceptors (Lipinski definition) is 3. The Balaban J connectivity index is 2.44. The summed E-state index contributed by atoms with van der Waals surface area (Å²) in [5.41, 5.74) is 0.800. The van der Waals surface area contributed by atoms with E-state index in [4.69, 9.17) is 16.1 Å². The minimum atomic E-state index is 0.544. The van der Waals surface area contributed by atoms with Crippen LogP contribution in [0.5, 0.6) is 0 Å². The fourth-order valence-corrected chi connectivity index (χ4v) is 1.59. The molecule has 0 radical (unpaired) electrons. The molecule has 0 saturated carbocycles. The highest BCUT2D eigenvalue weighted by molar-refractivity contribution is 14.1. The molecule has 0 fully saturated rings. The number of alkyl halides is 1. The van der Waals surface area contributed by atoms with E-state index in [0.717, 1.165) is 5.56 Å². The first kappa shape index (κ1) is 9.92. The Labute approximate surface area is 99.6 Å². The van der Waals surface area contributed by atoms with Crippen molar-refractivity contribution < 1.29 is 4.52 Å². The molecule has 1 aromatic carbocycles. The molecule has 0 bridgehead atoms. The Kier molecular flexibility index (Phi) is 3.02. The quantitative estimate of drug-likeness (QED) is 0.629. The minimum Gasteiger partial charge on any atom is -0.338 e. The zero-order chi connectivity index (χ0) is 9.97. The van der Waals surface area contributed by atoms with E-state index in [2.05, 4.69) is 32.7 Å². The van der Waals surface area contributed by atoms with Crippen LogP contribution in [0.4, 0.5) is 0 Å². The molecule has 0 saturated heterocycles. The molecule has 0 spiro atoms. The lowest BCUT2D eigenvalue weighted by Gasteiger charge is -1.95. The zero-order valence-electron chi connectivity index (χ0n) is 7.08. The maximum Gasteiger partial charge on any atom is 0.236 e. The number of nitrogens with zero attached hydrogens (tertiary/aromatic N) is 2. The first-order valence-corrected chi connectivity index (χ1v) is 5.85. The summed E-state index contributed by atoms with van der Waals surface area (Å²) in [6, 6.07) is 7.42. The molecule has 0 N–H and O–H groups in total. The molecule has 0 unspecified atom stereocenters. The molecule has 2 rings (SSSR count). The molecule has 0 aliphatic heterocycles. The summed E-state index contributed by atoms with van der Waals surface area (Å²) in [6.07, 6.45) is 0. The molecule has 0 atom stereocenters. The molecule has 0 aliphatic carbocycles. The molecule has 3 nitrogen and oxygen atoms in total. The van der Waals surface area contributed by atoms with Crippen molar-refractivity contribution in [2.75, 3.05) is 0 Å². The second-order valence-electron chi connectivity index (χ2n) is 2.63. The van der Waals surface area contributed by atoms with Gasteiger partial charge in [-0.3, -0.25) is 0 Å². The molecule has 1 heterocycles. The van der Waals surface area contributed by atoms with Crippen molar-refractivity contribution in [3.8, 4) is 11.4 Å². The van der Waals surface area contributed by atoms with Gasteiger partial charge in [-0.25, -0.2) is 0 Å². The first-order chi connectivity index (χ1) is 6.81. The van der Waals surface area contributed by atoms with E-state index in [1.165, 1.54) is 0 Å². The molecule has 0 amide bonds. The van der Waals surface area contributed by atoms with Gasteiger partial charge >= 0.3 is 0 Å². The SMILES string of the molecule is Clc1ccccc1-c1noc(CI)n1. The summed E-state index contributed by atoms with van der Waals surface area (Å²) in [5, 5.41) is 4.48. The fraction of sp³-hybridized carbons (Fsp3) is 0.111. The van der Waals surface area contributed by atoms with Gasteiger partial charge in [-0.15, -0.1) is 0 Å². The molecule has 72 valence electrons. The van der Waals surface area contributed by atoms with Gasteiger partial charge in [0.1, 0.15) is 0 Å². The smallest absolute Gasteiger partial charge is 0.236 e. The van der Waals surface area contributed by atoms with E-state index >= 15 is 0 Å². The second-order valence-corrected chi connectivity index (χ2v) is 3.80. The summed E-state index contributed by atoms with van der Waals surface area (Å²) in [4.78, 5) is 4.19. The highest BCUT2D eigenvalue weighted by atomic mass is 127. The molecule has 0 aliphatic rings. The van der Waals surface area contributed by atoms with Crippen LogP contribution >= 0.6 is 34.2 Å². The Bertz CT molecular complexity index is 444. The molecule has 5 heteroatoms. The third-order valence-electron chi connectivity index (χ3n) is 1.70. The van der Waals surface area contributed by atoms with Gasteiger partial charge in [0.25, 0.3) is 0 Å². The number of rotatable bonds is 2. The van der Waals surface area contributed by atoms with Crippen molar-refractivity contribution in [1.29, 1.82) is 0 Å². The Morgan fingerprint density at radius 1 is 1.36 bits per heavy atom. The van der Waals surface area contributed by atoms with Crippen molar-refractivity contribution in [3.05, 3.63) is 35.2 Å². The van der Waals surface area contributed by atoms with Crippen LogP contribution in [-0.4, -0.2) is 10.1 Å². The van der Waals surface area contributed by atoms with Gasteiger partial charge in [0.2, 0.25) is 11.7 Å².